The summed E-state index contributed by atoms with van der Waals surface area (Å²) in [6, 6.07) is 47.8. The summed E-state index contributed by atoms with van der Waals surface area (Å²) in [5.74, 6) is 0.398. The standard InChI is InChI=1S/C19H11NS.C14H14N3.Na/c1-3-8-14(9-4-1)16-12-7-13-17-18(16)21-19(20-17)15-10-5-2-6-11-15;15-13(11-7-3-1-4-8-11)17-14(16)12-9-5-2-6-10-12;/h1-8,10-11,13H;1-10,13,15H,(H2,16,17);/q-2;-1;+1. The normalized spacial score (nSPS) is 11.7. The van der Waals surface area contributed by atoms with Gasteiger partial charge >= 0.3 is 29.6 Å². The first-order valence-electron chi connectivity index (χ1n) is 12.2. The van der Waals surface area contributed by atoms with Gasteiger partial charge in [0.1, 0.15) is 10.8 Å². The van der Waals surface area contributed by atoms with Crippen LogP contribution in [0.25, 0.3) is 37.6 Å². The molecule has 0 saturated heterocycles. The van der Waals surface area contributed by atoms with E-state index >= 15 is 0 Å². The van der Waals surface area contributed by atoms with Gasteiger partial charge in [0.15, 0.2) is 0 Å². The molecule has 6 heteroatoms. The van der Waals surface area contributed by atoms with E-state index in [-0.39, 0.29) is 29.6 Å². The first-order valence-corrected chi connectivity index (χ1v) is 13.0. The van der Waals surface area contributed by atoms with E-state index in [4.69, 9.17) is 16.5 Å². The zero-order valence-corrected chi connectivity index (χ0v) is 24.4. The molecule has 6 rings (SSSR count). The largest absolute Gasteiger partial charge is 1.00 e. The molecule has 1 unspecified atom stereocenters. The van der Waals surface area contributed by atoms with Gasteiger partial charge in [0, 0.05) is 11.1 Å². The number of aliphatic imine (C=N–C) groups is 1. The molecule has 0 bridgehead atoms. The van der Waals surface area contributed by atoms with Crippen LogP contribution in [-0.2, 0) is 0 Å². The Labute approximate surface area is 255 Å². The van der Waals surface area contributed by atoms with Crippen LogP contribution in [0.4, 0.5) is 0 Å². The fourth-order valence-corrected chi connectivity index (χ4v) is 4.96. The summed E-state index contributed by atoms with van der Waals surface area (Å²) in [6.07, 6.45) is -0.670. The minimum Gasteiger partial charge on any atom is -0.652 e. The number of rotatable bonds is 5. The van der Waals surface area contributed by atoms with Crippen molar-refractivity contribution in [3.05, 3.63) is 156 Å². The zero-order chi connectivity index (χ0) is 26.2. The van der Waals surface area contributed by atoms with Gasteiger partial charge in [0.05, 0.1) is 0 Å². The molecule has 3 N–H and O–H groups in total. The zero-order valence-electron chi connectivity index (χ0n) is 21.6. The molecule has 0 spiro atoms. The second kappa shape index (κ2) is 14.0. The van der Waals surface area contributed by atoms with Crippen molar-refractivity contribution < 1.29 is 29.6 Å². The van der Waals surface area contributed by atoms with Crippen molar-refractivity contribution >= 4 is 27.4 Å². The van der Waals surface area contributed by atoms with Crippen LogP contribution in [0, 0.1) is 12.1 Å². The van der Waals surface area contributed by atoms with E-state index in [0.717, 1.165) is 38.3 Å². The molecule has 0 amide bonds. The van der Waals surface area contributed by atoms with Gasteiger partial charge in [0.2, 0.25) is 0 Å². The number of aromatic nitrogens is 1. The summed E-state index contributed by atoms with van der Waals surface area (Å²) in [5.41, 5.74) is 19.8. The van der Waals surface area contributed by atoms with Crippen LogP contribution >= 0.6 is 11.3 Å². The molecule has 0 aliphatic rings. The summed E-state index contributed by atoms with van der Waals surface area (Å²) < 4.78 is 1.17. The predicted octanol–water partition coefficient (Wildman–Crippen LogP) is 5.38. The van der Waals surface area contributed by atoms with Crippen LogP contribution < -0.4 is 35.3 Å². The smallest absolute Gasteiger partial charge is 0.652 e. The fraction of sp³-hybridized carbons (Fsp3) is 0.0303. The predicted molar refractivity (Wildman–Crippen MR) is 159 cm³/mol. The quantitative estimate of drug-likeness (QED) is 0.140. The molecule has 1 heterocycles. The maximum atomic E-state index is 7.93. The maximum Gasteiger partial charge on any atom is 1.00 e. The summed E-state index contributed by atoms with van der Waals surface area (Å²) in [4.78, 5) is 8.93. The number of fused-ring (bicyclic) bond motifs is 1. The van der Waals surface area contributed by atoms with Crippen molar-refractivity contribution in [2.45, 2.75) is 6.17 Å². The Morgan fingerprint density at radius 1 is 0.769 bits per heavy atom. The average molecular weight is 533 g/mol. The molecule has 186 valence electrons. The van der Waals surface area contributed by atoms with Gasteiger partial charge in [-0.05, 0) is 17.2 Å². The van der Waals surface area contributed by atoms with E-state index < -0.39 is 6.17 Å². The number of benzene rings is 5. The first-order chi connectivity index (χ1) is 18.7. The van der Waals surface area contributed by atoms with Gasteiger partial charge in [-0.15, -0.1) is 12.1 Å². The SMILES string of the molecule is [NH-]C(/N=C(\N)c1ccccc1)c1ccccc1.[Na+].[c-]1ccccc1-c1[c-]ccc2nc(-c3ccccc3)sc12. The topological polar surface area (TPSA) is 75.1 Å². The van der Waals surface area contributed by atoms with Gasteiger partial charge in [-0.25, -0.2) is 11.1 Å². The maximum absolute atomic E-state index is 7.93. The second-order valence-corrected chi connectivity index (χ2v) is 9.42. The Kier molecular flexibility index (Phi) is 10.2. The van der Waals surface area contributed by atoms with Gasteiger partial charge < -0.3 is 11.5 Å². The number of nitrogens with two attached hydrogens (primary N) is 1. The second-order valence-electron chi connectivity index (χ2n) is 8.42. The molecule has 39 heavy (non-hydrogen) atoms. The van der Waals surface area contributed by atoms with E-state index in [1.54, 1.807) is 11.3 Å². The van der Waals surface area contributed by atoms with Crippen LogP contribution in [0.5, 0.6) is 0 Å². The van der Waals surface area contributed by atoms with Crippen LogP contribution in [0.2, 0.25) is 0 Å². The van der Waals surface area contributed by atoms with Crippen LogP contribution in [0.3, 0.4) is 0 Å². The van der Waals surface area contributed by atoms with Crippen molar-refractivity contribution in [2.24, 2.45) is 10.7 Å². The number of nitrogens with one attached hydrogen (secondary N) is 1. The first kappa shape index (κ1) is 28.4. The van der Waals surface area contributed by atoms with Crippen molar-refractivity contribution in [3.63, 3.8) is 0 Å². The van der Waals surface area contributed by atoms with E-state index in [9.17, 15) is 0 Å². The molecule has 1 atom stereocenters. The van der Waals surface area contributed by atoms with E-state index in [0.29, 0.717) is 5.84 Å². The molecule has 1 aromatic heterocycles. The third-order valence-electron chi connectivity index (χ3n) is 5.80. The molecular formula is C33H25N4NaS-2. The Bertz CT molecular complexity index is 1620. The Morgan fingerprint density at radius 2 is 1.41 bits per heavy atom. The minimum atomic E-state index is -0.670. The van der Waals surface area contributed by atoms with Crippen molar-refractivity contribution in [2.75, 3.05) is 0 Å². The average Bonchev–Trinajstić information content (AvgIpc) is 3.44. The minimum absolute atomic E-state index is 0. The molecule has 0 aliphatic heterocycles. The van der Waals surface area contributed by atoms with Crippen LogP contribution in [0.1, 0.15) is 17.3 Å². The molecule has 6 aromatic rings. The van der Waals surface area contributed by atoms with E-state index in [2.05, 4.69) is 35.3 Å². The molecular weight excluding hydrogens is 507 g/mol. The molecule has 0 radical (unpaired) electrons. The van der Waals surface area contributed by atoms with Gasteiger partial charge in [-0.1, -0.05) is 95.7 Å². The molecule has 4 nitrogen and oxygen atoms in total. The number of hydrogen-bond acceptors (Lipinski definition) is 3. The van der Waals surface area contributed by atoms with Gasteiger partial charge in [-0.2, -0.15) is 47.7 Å². The summed E-state index contributed by atoms with van der Waals surface area (Å²) in [7, 11) is 0. The number of thiazole rings is 1. The monoisotopic (exact) mass is 532 g/mol. The molecule has 0 aliphatic carbocycles. The molecule has 0 fully saturated rings. The van der Waals surface area contributed by atoms with Crippen molar-refractivity contribution in [1.29, 1.82) is 0 Å². The fourth-order valence-electron chi connectivity index (χ4n) is 3.88. The van der Waals surface area contributed by atoms with Crippen molar-refractivity contribution in [1.82, 2.24) is 4.98 Å². The third kappa shape index (κ3) is 7.30. The number of nitrogens with zero attached hydrogens (tertiary/aromatic N) is 2. The van der Waals surface area contributed by atoms with Gasteiger partial charge in [-0.3, -0.25) is 9.98 Å². The third-order valence-corrected chi connectivity index (χ3v) is 6.94. The van der Waals surface area contributed by atoms with Crippen LogP contribution in [0.15, 0.2) is 132 Å². The Balaban J connectivity index is 0.000000181. The number of hydrogen-bond donors (Lipinski definition) is 1. The van der Waals surface area contributed by atoms with E-state index in [1.165, 1.54) is 4.70 Å². The van der Waals surface area contributed by atoms with Crippen molar-refractivity contribution in [3.8, 4) is 21.7 Å². The summed E-state index contributed by atoms with van der Waals surface area (Å²) in [6.45, 7) is 0. The molecule has 5 aromatic carbocycles. The molecule has 0 saturated carbocycles. The summed E-state index contributed by atoms with van der Waals surface area (Å²) >= 11 is 1.71. The van der Waals surface area contributed by atoms with E-state index in [1.807, 2.05) is 109 Å². The van der Waals surface area contributed by atoms with Gasteiger partial charge in [0.25, 0.3) is 0 Å². The summed E-state index contributed by atoms with van der Waals surface area (Å²) in [5, 5.41) is 1.04. The Morgan fingerprint density at radius 3 is 2.08 bits per heavy atom. The Hall–Kier alpha value is -3.58. The van der Waals surface area contributed by atoms with Crippen LogP contribution in [-0.4, -0.2) is 10.8 Å². The number of amidine groups is 1.